The van der Waals surface area contributed by atoms with Crippen molar-refractivity contribution in [3.63, 3.8) is 0 Å². The predicted octanol–water partition coefficient (Wildman–Crippen LogP) is 4.20. The van der Waals surface area contributed by atoms with Crippen LogP contribution in [0.5, 0.6) is 0 Å². The molecule has 3 aromatic carbocycles. The van der Waals surface area contributed by atoms with Crippen LogP contribution in [0.15, 0.2) is 91.0 Å². The molecular weight excluding hydrogens is 420 g/mol. The fraction of sp³-hybridized carbons (Fsp3) is 0.296. The zero-order valence-corrected chi connectivity index (χ0v) is 18.1. The minimum absolute atomic E-state index is 0.190. The van der Waals surface area contributed by atoms with E-state index in [0.717, 1.165) is 16.7 Å². The highest BCUT2D eigenvalue weighted by atomic mass is 16.8. The van der Waals surface area contributed by atoms with Gasteiger partial charge in [0.15, 0.2) is 30.6 Å². The van der Waals surface area contributed by atoms with Crippen LogP contribution in [0.3, 0.4) is 0 Å². The van der Waals surface area contributed by atoms with Crippen molar-refractivity contribution in [2.45, 2.75) is 44.1 Å². The van der Waals surface area contributed by atoms with Gasteiger partial charge in [-0.3, -0.25) is 4.79 Å². The van der Waals surface area contributed by atoms with Gasteiger partial charge in [0.1, 0.15) is 6.10 Å². The summed E-state index contributed by atoms with van der Waals surface area (Å²) >= 11 is 0. The van der Waals surface area contributed by atoms with E-state index in [9.17, 15) is 4.79 Å². The quantitative estimate of drug-likeness (QED) is 0.542. The summed E-state index contributed by atoms with van der Waals surface area (Å²) in [4.78, 5) is 13.5. The Morgan fingerprint density at radius 3 is 1.94 bits per heavy atom. The molecule has 2 saturated heterocycles. The van der Waals surface area contributed by atoms with Crippen molar-refractivity contribution >= 4 is 5.78 Å². The van der Waals surface area contributed by atoms with E-state index in [0.29, 0.717) is 6.61 Å². The number of carbonyl (C=O) groups excluding carboxylic acids is 1. The first-order valence-corrected chi connectivity index (χ1v) is 11.1. The van der Waals surface area contributed by atoms with E-state index in [1.807, 2.05) is 91.0 Å². The summed E-state index contributed by atoms with van der Waals surface area (Å²) in [6, 6.07) is 29.0. The van der Waals surface area contributed by atoms with E-state index in [1.165, 1.54) is 0 Å². The monoisotopic (exact) mass is 446 g/mol. The third kappa shape index (κ3) is 5.21. The number of ketones is 1. The molecule has 170 valence electrons. The molecule has 33 heavy (non-hydrogen) atoms. The van der Waals surface area contributed by atoms with Gasteiger partial charge in [0, 0.05) is 5.56 Å². The van der Waals surface area contributed by atoms with Crippen LogP contribution in [-0.4, -0.2) is 37.0 Å². The van der Waals surface area contributed by atoms with Crippen molar-refractivity contribution in [2.75, 3.05) is 6.61 Å². The summed E-state index contributed by atoms with van der Waals surface area (Å²) in [6.07, 6.45) is -3.75. The summed E-state index contributed by atoms with van der Waals surface area (Å²) in [6.45, 7) is 0.796. The van der Waals surface area contributed by atoms with Gasteiger partial charge in [0.05, 0.1) is 19.8 Å². The van der Waals surface area contributed by atoms with Crippen molar-refractivity contribution in [1.29, 1.82) is 0 Å². The number of carbonyl (C=O) groups is 1. The number of rotatable bonds is 7. The van der Waals surface area contributed by atoms with Crippen LogP contribution >= 0.6 is 0 Å². The maximum atomic E-state index is 13.5. The number of fused-ring (bicyclic) bond motifs is 1. The number of ether oxygens (including phenoxy) is 5. The van der Waals surface area contributed by atoms with E-state index in [2.05, 4.69) is 0 Å². The van der Waals surface area contributed by atoms with Gasteiger partial charge in [-0.25, -0.2) is 0 Å². The lowest BCUT2D eigenvalue weighted by Gasteiger charge is -2.43. The fourth-order valence-electron chi connectivity index (χ4n) is 4.02. The summed E-state index contributed by atoms with van der Waals surface area (Å²) in [5.74, 6) is -0.190. The second-order valence-electron chi connectivity index (χ2n) is 8.09. The van der Waals surface area contributed by atoms with E-state index < -0.39 is 30.9 Å². The smallest absolute Gasteiger partial charge is 0.198 e. The van der Waals surface area contributed by atoms with Gasteiger partial charge in [0.25, 0.3) is 0 Å². The molecule has 0 radical (unpaired) electrons. The highest BCUT2D eigenvalue weighted by molar-refractivity contribution is 5.89. The van der Waals surface area contributed by atoms with Crippen molar-refractivity contribution in [3.8, 4) is 0 Å². The van der Waals surface area contributed by atoms with Crippen LogP contribution < -0.4 is 0 Å². The molecule has 2 fully saturated rings. The molecule has 0 aromatic heterocycles. The van der Waals surface area contributed by atoms with Crippen LogP contribution in [0.2, 0.25) is 0 Å². The Labute approximate surface area is 193 Å². The molecule has 5 rings (SSSR count). The third-order valence-electron chi connectivity index (χ3n) is 5.74. The standard InChI is InChI=1S/C27H26O6/c28-23-24-22(18-31-26(33-24)21-14-8-3-9-15-21)32-27(30-17-20-12-6-2-7-13-20)25(23)29-16-19-10-4-1-5-11-19/h1-15,22,24-27H,16-18H2/t22-,24-,25-,26-,27+/m1/s1. The van der Waals surface area contributed by atoms with Gasteiger partial charge in [-0.15, -0.1) is 0 Å². The molecule has 0 saturated carbocycles. The van der Waals surface area contributed by atoms with Crippen molar-refractivity contribution < 1.29 is 28.5 Å². The molecule has 2 heterocycles. The van der Waals surface area contributed by atoms with Gasteiger partial charge in [-0.2, -0.15) is 0 Å². The lowest BCUT2D eigenvalue weighted by Crippen LogP contribution is -2.60. The summed E-state index contributed by atoms with van der Waals surface area (Å²) in [7, 11) is 0. The van der Waals surface area contributed by atoms with E-state index in [4.69, 9.17) is 23.7 Å². The summed E-state index contributed by atoms with van der Waals surface area (Å²) in [5.41, 5.74) is 2.80. The largest absolute Gasteiger partial charge is 0.360 e. The molecule has 0 spiro atoms. The Balaban J connectivity index is 1.32. The minimum atomic E-state index is -0.912. The average Bonchev–Trinajstić information content (AvgIpc) is 2.88. The maximum Gasteiger partial charge on any atom is 0.198 e. The van der Waals surface area contributed by atoms with Crippen LogP contribution in [-0.2, 0) is 41.7 Å². The van der Waals surface area contributed by atoms with E-state index >= 15 is 0 Å². The first kappa shape index (κ1) is 21.9. The number of hydrogen-bond acceptors (Lipinski definition) is 6. The Hall–Kier alpha value is -2.87. The molecular formula is C27H26O6. The SMILES string of the molecule is O=C1[C@@H](OCc2ccccc2)[C@@H](OCc2ccccc2)O[C@@H]2CO[C@@H](c3ccccc3)O[C@@H]12. The molecule has 0 N–H and O–H groups in total. The first-order valence-electron chi connectivity index (χ1n) is 11.1. The van der Waals surface area contributed by atoms with Crippen molar-refractivity contribution in [1.82, 2.24) is 0 Å². The average molecular weight is 446 g/mol. The zero-order valence-electron chi connectivity index (χ0n) is 18.1. The Kier molecular flexibility index (Phi) is 6.90. The van der Waals surface area contributed by atoms with E-state index in [1.54, 1.807) is 0 Å². The van der Waals surface area contributed by atoms with Gasteiger partial charge in [-0.1, -0.05) is 91.0 Å². The lowest BCUT2D eigenvalue weighted by atomic mass is 9.99. The van der Waals surface area contributed by atoms with Crippen LogP contribution in [0.25, 0.3) is 0 Å². The third-order valence-corrected chi connectivity index (χ3v) is 5.74. The van der Waals surface area contributed by atoms with Crippen LogP contribution in [0, 0.1) is 0 Å². The number of Topliss-reactive ketones (excluding diaryl/α,β-unsaturated/α-hetero) is 1. The topological polar surface area (TPSA) is 63.2 Å². The summed E-state index contributed by atoms with van der Waals surface area (Å²) < 4.78 is 30.1. The molecule has 2 aliphatic rings. The Morgan fingerprint density at radius 2 is 1.30 bits per heavy atom. The molecule has 0 amide bonds. The molecule has 5 atom stereocenters. The highest BCUT2D eigenvalue weighted by Gasteiger charge is 2.50. The zero-order chi connectivity index (χ0) is 22.5. The van der Waals surface area contributed by atoms with Crippen molar-refractivity contribution in [2.24, 2.45) is 0 Å². The molecule has 3 aromatic rings. The predicted molar refractivity (Wildman–Crippen MR) is 120 cm³/mol. The fourth-order valence-corrected chi connectivity index (χ4v) is 4.02. The van der Waals surface area contributed by atoms with E-state index in [-0.39, 0.29) is 19.0 Å². The van der Waals surface area contributed by atoms with Gasteiger partial charge in [-0.05, 0) is 11.1 Å². The van der Waals surface area contributed by atoms with Gasteiger partial charge >= 0.3 is 0 Å². The lowest BCUT2D eigenvalue weighted by molar-refractivity contribution is -0.323. The molecule has 6 nitrogen and oxygen atoms in total. The molecule has 0 aliphatic carbocycles. The van der Waals surface area contributed by atoms with Crippen LogP contribution in [0.4, 0.5) is 0 Å². The Morgan fingerprint density at radius 1 is 0.727 bits per heavy atom. The molecule has 0 bridgehead atoms. The number of hydrogen-bond donors (Lipinski definition) is 0. The van der Waals surface area contributed by atoms with Gasteiger partial charge in [0.2, 0.25) is 0 Å². The molecule has 0 unspecified atom stereocenters. The Bertz CT molecular complexity index is 1030. The summed E-state index contributed by atoms with van der Waals surface area (Å²) in [5, 5.41) is 0. The second kappa shape index (κ2) is 10.4. The normalized spacial score (nSPS) is 27.2. The van der Waals surface area contributed by atoms with Crippen molar-refractivity contribution in [3.05, 3.63) is 108 Å². The highest BCUT2D eigenvalue weighted by Crippen LogP contribution is 2.34. The maximum absolute atomic E-state index is 13.5. The molecule has 6 heteroatoms. The minimum Gasteiger partial charge on any atom is -0.360 e. The second-order valence-corrected chi connectivity index (χ2v) is 8.09. The number of benzene rings is 3. The molecule has 2 aliphatic heterocycles. The van der Waals surface area contributed by atoms with Crippen LogP contribution in [0.1, 0.15) is 23.0 Å². The van der Waals surface area contributed by atoms with Gasteiger partial charge < -0.3 is 23.7 Å². The first-order chi connectivity index (χ1) is 16.3.